The molecule has 6 nitrogen and oxygen atoms in total. The van der Waals surface area contributed by atoms with Crippen molar-refractivity contribution >= 4 is 11.8 Å². The summed E-state index contributed by atoms with van der Waals surface area (Å²) < 4.78 is 1.77. The first-order valence-electron chi connectivity index (χ1n) is 7.59. The summed E-state index contributed by atoms with van der Waals surface area (Å²) in [5.74, 6) is 0.630. The number of hydrogen-bond acceptors (Lipinski definition) is 3. The van der Waals surface area contributed by atoms with E-state index in [9.17, 15) is 4.79 Å². The van der Waals surface area contributed by atoms with Crippen LogP contribution in [0.1, 0.15) is 18.5 Å². The van der Waals surface area contributed by atoms with Gasteiger partial charge in [-0.1, -0.05) is 12.2 Å². The lowest BCUT2D eigenvalue weighted by Gasteiger charge is -2.36. The molecular weight excluding hydrogens is 266 g/mol. The van der Waals surface area contributed by atoms with Crippen molar-refractivity contribution in [1.29, 1.82) is 0 Å². The Balaban J connectivity index is 1.50. The third-order valence-electron chi connectivity index (χ3n) is 4.46. The molecule has 1 saturated heterocycles. The van der Waals surface area contributed by atoms with Crippen LogP contribution in [0.5, 0.6) is 0 Å². The van der Waals surface area contributed by atoms with Crippen LogP contribution in [0.25, 0.3) is 0 Å². The van der Waals surface area contributed by atoms with Crippen LogP contribution >= 0.6 is 0 Å². The summed E-state index contributed by atoms with van der Waals surface area (Å²) in [5.41, 5.74) is 1.03. The molecule has 1 aromatic heterocycles. The Morgan fingerprint density at radius 2 is 1.95 bits per heavy atom. The van der Waals surface area contributed by atoms with E-state index in [1.54, 1.807) is 4.68 Å². The minimum Gasteiger partial charge on any atom is -0.324 e. The topological polar surface area (TPSA) is 53.4 Å². The predicted molar refractivity (Wildman–Crippen MR) is 82.3 cm³/mol. The van der Waals surface area contributed by atoms with Crippen LogP contribution in [0.15, 0.2) is 18.2 Å². The number of amides is 2. The Bertz CT molecular complexity index is 515. The summed E-state index contributed by atoms with van der Waals surface area (Å²) in [6, 6.07) is 2.47. The molecule has 0 atom stereocenters. The Morgan fingerprint density at radius 3 is 2.52 bits per heavy atom. The molecule has 0 aromatic carbocycles. The highest BCUT2D eigenvalue weighted by atomic mass is 16.2. The van der Waals surface area contributed by atoms with Crippen molar-refractivity contribution in [3.63, 3.8) is 0 Å². The maximum Gasteiger partial charge on any atom is 0.323 e. The lowest BCUT2D eigenvalue weighted by molar-refractivity contribution is 0.144. The van der Waals surface area contributed by atoms with Crippen LogP contribution in [0.3, 0.4) is 0 Å². The zero-order valence-corrected chi connectivity index (χ0v) is 12.7. The van der Waals surface area contributed by atoms with Crippen LogP contribution in [-0.4, -0.2) is 57.8 Å². The molecule has 2 aliphatic rings. The molecule has 2 amide bonds. The molecule has 0 unspecified atom stereocenters. The average molecular weight is 289 g/mol. The molecule has 1 N–H and O–H groups in total. The predicted octanol–water partition coefficient (Wildman–Crippen LogP) is 1.60. The van der Waals surface area contributed by atoms with E-state index >= 15 is 0 Å². The van der Waals surface area contributed by atoms with Crippen molar-refractivity contribution in [3.05, 3.63) is 23.9 Å². The molecule has 0 saturated carbocycles. The Morgan fingerprint density at radius 1 is 1.29 bits per heavy atom. The second-order valence-corrected chi connectivity index (χ2v) is 5.87. The number of carbonyl (C=O) groups is 1. The number of rotatable bonds is 2. The number of nitrogens with one attached hydrogen (secondary N) is 1. The maximum absolute atomic E-state index is 12.3. The van der Waals surface area contributed by atoms with E-state index in [0.29, 0.717) is 11.9 Å². The van der Waals surface area contributed by atoms with Gasteiger partial charge in [-0.05, 0) is 19.8 Å². The fraction of sp³-hybridized carbons (Fsp3) is 0.600. The van der Waals surface area contributed by atoms with E-state index in [1.165, 1.54) is 0 Å². The first-order valence-corrected chi connectivity index (χ1v) is 7.59. The van der Waals surface area contributed by atoms with Gasteiger partial charge in [-0.15, -0.1) is 0 Å². The molecule has 2 aliphatic heterocycles. The lowest BCUT2D eigenvalue weighted by Crippen LogP contribution is -2.47. The number of aryl methyl sites for hydroxylation is 2. The van der Waals surface area contributed by atoms with Crippen LogP contribution in [0, 0.1) is 6.92 Å². The van der Waals surface area contributed by atoms with Crippen molar-refractivity contribution in [2.24, 2.45) is 7.05 Å². The van der Waals surface area contributed by atoms with E-state index in [1.807, 2.05) is 24.9 Å². The number of likely N-dealkylation sites (tertiary alicyclic amines) is 1. The largest absolute Gasteiger partial charge is 0.324 e. The summed E-state index contributed by atoms with van der Waals surface area (Å²) in [6.45, 7) is 5.73. The van der Waals surface area contributed by atoms with Gasteiger partial charge in [0.15, 0.2) is 5.82 Å². The van der Waals surface area contributed by atoms with E-state index in [0.717, 1.165) is 44.7 Å². The minimum atomic E-state index is -0.0360. The summed E-state index contributed by atoms with van der Waals surface area (Å²) in [5, 5.41) is 7.15. The van der Waals surface area contributed by atoms with E-state index in [2.05, 4.69) is 27.5 Å². The van der Waals surface area contributed by atoms with Crippen LogP contribution in [0.2, 0.25) is 0 Å². The number of urea groups is 1. The quantitative estimate of drug-likeness (QED) is 0.841. The highest BCUT2D eigenvalue weighted by molar-refractivity contribution is 5.88. The molecule has 114 valence electrons. The molecule has 1 fully saturated rings. The number of anilines is 1. The Labute approximate surface area is 125 Å². The molecule has 0 radical (unpaired) electrons. The molecule has 1 aromatic rings. The number of aromatic nitrogens is 2. The molecule has 0 aliphatic carbocycles. The lowest BCUT2D eigenvalue weighted by atomic mass is 10.0. The zero-order valence-electron chi connectivity index (χ0n) is 12.7. The summed E-state index contributed by atoms with van der Waals surface area (Å²) >= 11 is 0. The van der Waals surface area contributed by atoms with Crippen molar-refractivity contribution < 1.29 is 4.79 Å². The monoisotopic (exact) mass is 289 g/mol. The van der Waals surface area contributed by atoms with Gasteiger partial charge < -0.3 is 4.90 Å². The molecule has 3 heterocycles. The second-order valence-electron chi connectivity index (χ2n) is 5.87. The van der Waals surface area contributed by atoms with Crippen molar-refractivity contribution in [3.8, 4) is 0 Å². The SMILES string of the molecule is Cc1cc(NC(=O)N2CCC(N3CC=CC3)CC2)nn1C. The van der Waals surface area contributed by atoms with E-state index in [-0.39, 0.29) is 6.03 Å². The Hall–Kier alpha value is -1.82. The third kappa shape index (κ3) is 3.10. The van der Waals surface area contributed by atoms with Gasteiger partial charge in [0, 0.05) is 51.0 Å². The van der Waals surface area contributed by atoms with Crippen molar-refractivity contribution in [2.45, 2.75) is 25.8 Å². The van der Waals surface area contributed by atoms with Gasteiger partial charge in [0.05, 0.1) is 0 Å². The van der Waals surface area contributed by atoms with Gasteiger partial charge in [0.25, 0.3) is 0 Å². The number of nitrogens with zero attached hydrogens (tertiary/aromatic N) is 4. The maximum atomic E-state index is 12.3. The molecule has 0 spiro atoms. The highest BCUT2D eigenvalue weighted by Crippen LogP contribution is 2.19. The number of hydrogen-bond donors (Lipinski definition) is 1. The van der Waals surface area contributed by atoms with Gasteiger partial charge in [-0.3, -0.25) is 14.9 Å². The van der Waals surface area contributed by atoms with Gasteiger partial charge in [-0.2, -0.15) is 5.10 Å². The molecule has 3 rings (SSSR count). The van der Waals surface area contributed by atoms with Gasteiger partial charge >= 0.3 is 6.03 Å². The van der Waals surface area contributed by atoms with Gasteiger partial charge in [0.1, 0.15) is 0 Å². The summed E-state index contributed by atoms with van der Waals surface area (Å²) in [6.07, 6.45) is 6.55. The normalized spacial score (nSPS) is 20.2. The molecule has 0 bridgehead atoms. The van der Waals surface area contributed by atoms with Crippen molar-refractivity contribution in [1.82, 2.24) is 19.6 Å². The summed E-state index contributed by atoms with van der Waals surface area (Å²) in [7, 11) is 1.88. The highest BCUT2D eigenvalue weighted by Gasteiger charge is 2.27. The fourth-order valence-corrected chi connectivity index (χ4v) is 3.04. The second kappa shape index (κ2) is 5.89. The van der Waals surface area contributed by atoms with Crippen molar-refractivity contribution in [2.75, 3.05) is 31.5 Å². The van der Waals surface area contributed by atoms with Crippen LogP contribution < -0.4 is 5.32 Å². The molecule has 6 heteroatoms. The first-order chi connectivity index (χ1) is 10.1. The smallest absolute Gasteiger partial charge is 0.323 e. The fourth-order valence-electron chi connectivity index (χ4n) is 3.04. The number of carbonyl (C=O) groups excluding carboxylic acids is 1. The Kier molecular flexibility index (Phi) is 3.96. The average Bonchev–Trinajstić information content (AvgIpc) is 3.10. The minimum absolute atomic E-state index is 0.0360. The van der Waals surface area contributed by atoms with Gasteiger partial charge in [-0.25, -0.2) is 4.79 Å². The molecule has 21 heavy (non-hydrogen) atoms. The third-order valence-corrected chi connectivity index (χ3v) is 4.46. The van der Waals surface area contributed by atoms with Crippen LogP contribution in [-0.2, 0) is 7.05 Å². The number of piperidine rings is 1. The first kappa shape index (κ1) is 14.1. The van der Waals surface area contributed by atoms with Crippen LogP contribution in [0.4, 0.5) is 10.6 Å². The van der Waals surface area contributed by atoms with E-state index < -0.39 is 0 Å². The summed E-state index contributed by atoms with van der Waals surface area (Å²) in [4.78, 5) is 16.6. The molecular formula is C15H23N5O. The zero-order chi connectivity index (χ0) is 14.8. The van der Waals surface area contributed by atoms with Gasteiger partial charge in [0.2, 0.25) is 0 Å². The van der Waals surface area contributed by atoms with E-state index in [4.69, 9.17) is 0 Å². The standard InChI is InChI=1S/C15H23N5O/c1-12-11-14(17-18(12)2)16-15(21)20-9-5-13(6-10-20)19-7-3-4-8-19/h3-4,11,13H,5-10H2,1-2H3,(H,16,17,21).